The van der Waals surface area contributed by atoms with E-state index in [0.29, 0.717) is 28.8 Å². The number of amides is 1. The number of aromatic nitrogens is 2. The van der Waals surface area contributed by atoms with Crippen molar-refractivity contribution in [1.82, 2.24) is 9.78 Å². The van der Waals surface area contributed by atoms with Crippen LogP contribution in [0.1, 0.15) is 50.5 Å². The Morgan fingerprint density at radius 3 is 2.39 bits per heavy atom. The van der Waals surface area contributed by atoms with Crippen LogP contribution in [0, 0.1) is 23.2 Å². The molecule has 4 aliphatic carbocycles. The van der Waals surface area contributed by atoms with E-state index in [2.05, 4.69) is 10.4 Å². The predicted octanol–water partition coefficient (Wildman–Crippen LogP) is 5.78. The van der Waals surface area contributed by atoms with Gasteiger partial charge in [-0.05, 0) is 79.4 Å². The van der Waals surface area contributed by atoms with Gasteiger partial charge < -0.3 is 5.32 Å². The van der Waals surface area contributed by atoms with Gasteiger partial charge in [-0.3, -0.25) is 9.48 Å². The van der Waals surface area contributed by atoms with Crippen LogP contribution >= 0.6 is 23.2 Å². The quantitative estimate of drug-likeness (QED) is 0.669. The minimum atomic E-state index is 0.113. The Hall–Kier alpha value is -1.52. The maximum Gasteiger partial charge on any atom is 0.226 e. The molecule has 2 aromatic rings. The van der Waals surface area contributed by atoms with E-state index >= 15 is 0 Å². The highest BCUT2D eigenvalue weighted by Crippen LogP contribution is 2.61. The zero-order chi connectivity index (χ0) is 19.3. The van der Waals surface area contributed by atoms with Gasteiger partial charge in [-0.15, -0.1) is 0 Å². The highest BCUT2D eigenvalue weighted by Gasteiger charge is 2.51. The van der Waals surface area contributed by atoms with E-state index in [0.717, 1.165) is 23.3 Å². The van der Waals surface area contributed by atoms with Crippen LogP contribution in [-0.2, 0) is 11.3 Å². The Labute approximate surface area is 175 Å². The summed E-state index contributed by atoms with van der Waals surface area (Å²) in [4.78, 5) is 12.8. The third-order valence-electron chi connectivity index (χ3n) is 6.94. The van der Waals surface area contributed by atoms with Crippen LogP contribution in [0.3, 0.4) is 0 Å². The van der Waals surface area contributed by atoms with Crippen LogP contribution in [0.5, 0.6) is 0 Å². The average molecular weight is 418 g/mol. The first kappa shape index (κ1) is 18.5. The molecule has 0 radical (unpaired) electrons. The number of halogens is 2. The maximum atomic E-state index is 12.8. The molecule has 4 nitrogen and oxygen atoms in total. The van der Waals surface area contributed by atoms with Crippen molar-refractivity contribution in [2.45, 2.75) is 51.5 Å². The Kier molecular flexibility index (Phi) is 4.67. The summed E-state index contributed by atoms with van der Waals surface area (Å²) >= 11 is 12.1. The van der Waals surface area contributed by atoms with Gasteiger partial charge in [-0.25, -0.2) is 0 Å². The summed E-state index contributed by atoms with van der Waals surface area (Å²) in [5, 5.41) is 8.61. The molecule has 148 valence electrons. The van der Waals surface area contributed by atoms with Crippen LogP contribution < -0.4 is 5.32 Å². The second-order valence-electron chi connectivity index (χ2n) is 9.29. The fourth-order valence-electron chi connectivity index (χ4n) is 6.38. The highest BCUT2D eigenvalue weighted by atomic mass is 35.5. The molecule has 6 heteroatoms. The third-order valence-corrected chi connectivity index (χ3v) is 7.68. The molecule has 0 unspecified atom stereocenters. The molecule has 4 fully saturated rings. The molecule has 0 aliphatic heterocycles. The lowest BCUT2D eigenvalue weighted by atomic mass is 9.49. The number of hydrogen-bond donors (Lipinski definition) is 1. The zero-order valence-corrected chi connectivity index (χ0v) is 17.3. The van der Waals surface area contributed by atoms with Crippen molar-refractivity contribution in [3.63, 3.8) is 0 Å². The number of carbonyl (C=O) groups is 1. The fraction of sp³-hybridized carbons (Fsp3) is 0.545. The van der Waals surface area contributed by atoms with Crippen molar-refractivity contribution in [2.24, 2.45) is 23.2 Å². The van der Waals surface area contributed by atoms with Crippen molar-refractivity contribution >= 4 is 34.9 Å². The minimum absolute atomic E-state index is 0.113. The van der Waals surface area contributed by atoms with Crippen molar-refractivity contribution in [2.75, 3.05) is 5.32 Å². The zero-order valence-electron chi connectivity index (χ0n) is 15.8. The molecule has 28 heavy (non-hydrogen) atoms. The van der Waals surface area contributed by atoms with E-state index in [-0.39, 0.29) is 11.3 Å². The fourth-order valence-corrected chi connectivity index (χ4v) is 6.70. The summed E-state index contributed by atoms with van der Waals surface area (Å²) in [5.74, 6) is 3.33. The standard InChI is InChI=1S/C22H25Cl2N3O/c23-18-2-1-14(8-19(18)24)13-27-4-3-20(26-27)25-21(28)12-22-9-15-5-16(10-22)7-17(6-15)11-22/h1-4,8,15-17H,5-7,9-13H2,(H,25,26,28). The van der Waals surface area contributed by atoms with E-state index in [4.69, 9.17) is 23.2 Å². The van der Waals surface area contributed by atoms with E-state index in [1.54, 1.807) is 10.7 Å². The maximum absolute atomic E-state index is 12.8. The van der Waals surface area contributed by atoms with Gasteiger partial charge in [0.05, 0.1) is 16.6 Å². The molecule has 0 saturated heterocycles. The predicted molar refractivity (Wildman–Crippen MR) is 112 cm³/mol. The Morgan fingerprint density at radius 1 is 1.07 bits per heavy atom. The van der Waals surface area contributed by atoms with Gasteiger partial charge in [0.25, 0.3) is 0 Å². The third kappa shape index (κ3) is 3.69. The van der Waals surface area contributed by atoms with E-state index in [1.165, 1.54) is 38.5 Å². The highest BCUT2D eigenvalue weighted by molar-refractivity contribution is 6.42. The molecule has 4 bridgehead atoms. The average Bonchev–Trinajstić information content (AvgIpc) is 3.03. The van der Waals surface area contributed by atoms with Crippen LogP contribution in [0.15, 0.2) is 30.5 Å². The number of carbonyl (C=O) groups excluding carboxylic acids is 1. The molecule has 1 N–H and O–H groups in total. The van der Waals surface area contributed by atoms with Crippen molar-refractivity contribution in [1.29, 1.82) is 0 Å². The van der Waals surface area contributed by atoms with Crippen LogP contribution in [-0.4, -0.2) is 15.7 Å². The van der Waals surface area contributed by atoms with Crippen molar-refractivity contribution < 1.29 is 4.79 Å². The lowest BCUT2D eigenvalue weighted by molar-refractivity contribution is -0.124. The Balaban J connectivity index is 1.21. The van der Waals surface area contributed by atoms with Gasteiger partial charge >= 0.3 is 0 Å². The Morgan fingerprint density at radius 2 is 1.75 bits per heavy atom. The first-order valence-corrected chi connectivity index (χ1v) is 11.0. The smallest absolute Gasteiger partial charge is 0.226 e. The van der Waals surface area contributed by atoms with Gasteiger partial charge in [0.2, 0.25) is 5.91 Å². The number of anilines is 1. The second kappa shape index (κ2) is 7.07. The lowest BCUT2D eigenvalue weighted by Crippen LogP contribution is -2.47. The molecule has 1 heterocycles. The van der Waals surface area contributed by atoms with Crippen LogP contribution in [0.4, 0.5) is 5.82 Å². The number of nitrogens with zero attached hydrogens (tertiary/aromatic N) is 2. The summed E-state index contributed by atoms with van der Waals surface area (Å²) in [6.45, 7) is 0.585. The molecule has 0 atom stereocenters. The summed E-state index contributed by atoms with van der Waals surface area (Å²) in [7, 11) is 0. The molecule has 1 aromatic heterocycles. The first-order valence-electron chi connectivity index (χ1n) is 10.2. The lowest BCUT2D eigenvalue weighted by Gasteiger charge is -2.56. The molecule has 4 saturated carbocycles. The monoisotopic (exact) mass is 417 g/mol. The normalized spacial score (nSPS) is 30.6. The van der Waals surface area contributed by atoms with Gasteiger partial charge in [-0.2, -0.15) is 5.10 Å². The van der Waals surface area contributed by atoms with E-state index in [1.807, 2.05) is 24.4 Å². The summed E-state index contributed by atoms with van der Waals surface area (Å²) in [6, 6.07) is 7.42. The summed E-state index contributed by atoms with van der Waals surface area (Å²) < 4.78 is 1.81. The van der Waals surface area contributed by atoms with E-state index < -0.39 is 0 Å². The number of hydrogen-bond acceptors (Lipinski definition) is 2. The van der Waals surface area contributed by atoms with Crippen molar-refractivity contribution in [3.8, 4) is 0 Å². The molecule has 4 aliphatic rings. The van der Waals surface area contributed by atoms with Crippen molar-refractivity contribution in [3.05, 3.63) is 46.1 Å². The number of benzene rings is 1. The van der Waals surface area contributed by atoms with Gasteiger partial charge in [0, 0.05) is 18.7 Å². The van der Waals surface area contributed by atoms with E-state index in [9.17, 15) is 4.79 Å². The molecular formula is C22H25Cl2N3O. The molecule has 0 spiro atoms. The molecule has 6 rings (SSSR count). The number of nitrogens with one attached hydrogen (secondary N) is 1. The van der Waals surface area contributed by atoms with Crippen LogP contribution in [0.25, 0.3) is 0 Å². The van der Waals surface area contributed by atoms with Gasteiger partial charge in [0.1, 0.15) is 0 Å². The van der Waals surface area contributed by atoms with Gasteiger partial charge in [0.15, 0.2) is 5.82 Å². The molecule has 1 amide bonds. The second-order valence-corrected chi connectivity index (χ2v) is 10.1. The summed E-state index contributed by atoms with van der Waals surface area (Å²) in [6.07, 6.45) is 10.5. The SMILES string of the molecule is O=C(CC12CC3CC(CC(C3)C1)C2)Nc1ccn(Cc2ccc(Cl)c(Cl)c2)n1. The molecular weight excluding hydrogens is 393 g/mol. The topological polar surface area (TPSA) is 46.9 Å². The minimum Gasteiger partial charge on any atom is -0.309 e. The summed E-state index contributed by atoms with van der Waals surface area (Å²) in [5.41, 5.74) is 1.27. The van der Waals surface area contributed by atoms with Crippen LogP contribution in [0.2, 0.25) is 10.0 Å². The largest absolute Gasteiger partial charge is 0.309 e. The molecule has 1 aromatic carbocycles. The van der Waals surface area contributed by atoms with Gasteiger partial charge in [-0.1, -0.05) is 29.3 Å². The number of rotatable bonds is 5. The Bertz CT molecular complexity index is 872. The first-order chi connectivity index (χ1) is 13.5.